The molecule has 8 N–H and O–H groups in total. The molecule has 0 aliphatic rings. The molecule has 1 heterocycles. The SMILES string of the molecule is O=[AsH](O)O.O=[AsH](O)O.O=[AsH](O)O.O=[AsH](O)O.c1ccoc1. The van der Waals surface area contributed by atoms with E-state index in [1.807, 2.05) is 12.1 Å². The van der Waals surface area contributed by atoms with Crippen LogP contribution < -0.4 is 0 Å². The van der Waals surface area contributed by atoms with E-state index in [2.05, 4.69) is 4.42 Å². The van der Waals surface area contributed by atoms with E-state index < -0.39 is 61.1 Å². The second-order valence-corrected chi connectivity index (χ2v) is 6.67. The second kappa shape index (κ2) is 25.4. The summed E-state index contributed by atoms with van der Waals surface area (Å²) in [6.07, 6.45) is 3.25. The summed E-state index contributed by atoms with van der Waals surface area (Å²) in [5.41, 5.74) is 0. The number of rotatable bonds is 0. The predicted octanol–water partition coefficient (Wildman–Crippen LogP) is -6.25. The summed E-state index contributed by atoms with van der Waals surface area (Å²) in [6, 6.07) is 3.67. The molecule has 1 aromatic heterocycles. The molecule has 0 radical (unpaired) electrons. The zero-order valence-electron chi connectivity index (χ0n) is 9.93. The van der Waals surface area contributed by atoms with Crippen LogP contribution in [0.2, 0.25) is 0 Å². The van der Waals surface area contributed by atoms with Crippen molar-refractivity contribution in [2.45, 2.75) is 0 Å². The van der Waals surface area contributed by atoms with Crippen molar-refractivity contribution >= 4 is 61.1 Å². The van der Waals surface area contributed by atoms with Crippen LogP contribution >= 0.6 is 0 Å². The summed E-state index contributed by atoms with van der Waals surface area (Å²) < 4.78 is 97.6. The van der Waals surface area contributed by atoms with Crippen LogP contribution in [0.25, 0.3) is 0 Å². The van der Waals surface area contributed by atoms with Crippen LogP contribution in [-0.4, -0.2) is 93.9 Å². The van der Waals surface area contributed by atoms with Gasteiger partial charge in [0.2, 0.25) is 0 Å². The Morgan fingerprint density at radius 3 is 0.714 bits per heavy atom. The van der Waals surface area contributed by atoms with Gasteiger partial charge in [0.25, 0.3) is 0 Å². The molecule has 130 valence electrons. The van der Waals surface area contributed by atoms with E-state index in [1.165, 1.54) is 0 Å². The topological polar surface area (TPSA) is 243 Å². The Kier molecular flexibility index (Phi) is 35.5. The monoisotopic (exact) mass is 572 g/mol. The number of hydrogen-bond donors (Lipinski definition) is 8. The summed E-state index contributed by atoms with van der Waals surface area (Å²) in [5.74, 6) is 0. The molecule has 0 aliphatic carbocycles. The Bertz CT molecular complexity index is 294. The summed E-state index contributed by atoms with van der Waals surface area (Å²) >= 11 is -14.3. The Balaban J connectivity index is -0.0000000866. The van der Waals surface area contributed by atoms with Crippen molar-refractivity contribution < 1.29 is 52.1 Å². The van der Waals surface area contributed by atoms with Gasteiger partial charge in [0, 0.05) is 0 Å². The van der Waals surface area contributed by atoms with Gasteiger partial charge in [-0.3, -0.25) is 0 Å². The van der Waals surface area contributed by atoms with Gasteiger partial charge in [-0.2, -0.15) is 0 Å². The molecule has 0 aliphatic heterocycles. The first-order valence-corrected chi connectivity index (χ1v) is 15.0. The largest absolute Gasteiger partial charge is 0.473 e. The molecule has 0 spiro atoms. The normalized spacial score (nSPS) is 8.57. The minimum Gasteiger partial charge on any atom is -0.473 e. The average Bonchev–Trinajstić information content (AvgIpc) is 2.68. The summed E-state index contributed by atoms with van der Waals surface area (Å²) in [5, 5.41) is 0. The minimum atomic E-state index is -3.58. The maximum atomic E-state index is 8.81. The van der Waals surface area contributed by atoms with Crippen molar-refractivity contribution in [1.82, 2.24) is 0 Å². The van der Waals surface area contributed by atoms with Crippen molar-refractivity contribution in [3.63, 3.8) is 0 Å². The molecule has 1 aromatic rings. The van der Waals surface area contributed by atoms with Crippen LogP contribution in [0.4, 0.5) is 0 Å². The van der Waals surface area contributed by atoms with Gasteiger partial charge in [-0.15, -0.1) is 0 Å². The third-order valence-corrected chi connectivity index (χ3v) is 0.425. The van der Waals surface area contributed by atoms with Gasteiger partial charge in [0.05, 0.1) is 12.5 Å². The average molecular weight is 572 g/mol. The summed E-state index contributed by atoms with van der Waals surface area (Å²) in [4.78, 5) is 0. The minimum absolute atomic E-state index is 1.62. The quantitative estimate of drug-likeness (QED) is 0.135. The van der Waals surface area contributed by atoms with Crippen molar-refractivity contribution in [3.8, 4) is 0 Å². The molecule has 0 aromatic carbocycles. The van der Waals surface area contributed by atoms with E-state index >= 15 is 0 Å². The van der Waals surface area contributed by atoms with Crippen LogP contribution in [0.1, 0.15) is 0 Å². The Hall–Kier alpha value is 0.394. The van der Waals surface area contributed by atoms with Crippen LogP contribution in [0.3, 0.4) is 0 Å². The standard InChI is InChI=1S/C4H4O.4AsH3O3/c1-2-4-5-3-1;4*2-1(3)4/h1-4H;4*1H,(H2,2,3,4). The maximum Gasteiger partial charge on any atom is 0.0902 e. The van der Waals surface area contributed by atoms with Crippen LogP contribution in [0, 0.1) is 0 Å². The molecule has 21 heavy (non-hydrogen) atoms. The molecule has 17 heteroatoms. The second-order valence-electron chi connectivity index (χ2n) is 1.92. The Labute approximate surface area is 137 Å². The molecule has 0 saturated carbocycles. The molecular formula is C4H16As4O13. The predicted molar refractivity (Wildman–Crippen MR) is 67.8 cm³/mol. The van der Waals surface area contributed by atoms with E-state index in [9.17, 15) is 0 Å². The van der Waals surface area contributed by atoms with Crippen molar-refractivity contribution in [2.24, 2.45) is 0 Å². The van der Waals surface area contributed by atoms with Gasteiger partial charge in [-0.05, 0) is 12.1 Å². The summed E-state index contributed by atoms with van der Waals surface area (Å²) in [7, 11) is 0. The van der Waals surface area contributed by atoms with Crippen molar-refractivity contribution in [3.05, 3.63) is 24.7 Å². The fourth-order valence-electron chi connectivity index (χ4n) is 0.227. The van der Waals surface area contributed by atoms with Gasteiger partial charge in [0.1, 0.15) is 0 Å². The van der Waals surface area contributed by atoms with Crippen LogP contribution in [0.5, 0.6) is 0 Å². The maximum absolute atomic E-state index is 8.81. The van der Waals surface area contributed by atoms with E-state index in [1.54, 1.807) is 12.5 Å². The van der Waals surface area contributed by atoms with Gasteiger partial charge >= 0.3 is 109 Å². The number of furan rings is 1. The fourth-order valence-corrected chi connectivity index (χ4v) is 0.227. The van der Waals surface area contributed by atoms with E-state index in [0.29, 0.717) is 0 Å². The molecule has 0 saturated heterocycles. The van der Waals surface area contributed by atoms with Crippen LogP contribution in [-0.2, 0) is 15.0 Å². The Morgan fingerprint density at radius 2 is 0.667 bits per heavy atom. The molecule has 0 fully saturated rings. The van der Waals surface area contributed by atoms with Gasteiger partial charge < -0.3 is 4.42 Å². The van der Waals surface area contributed by atoms with Gasteiger partial charge in [0.15, 0.2) is 0 Å². The first-order chi connectivity index (χ1) is 9.43. The molecule has 0 atom stereocenters. The molecule has 1 rings (SSSR count). The third kappa shape index (κ3) is 237. The molecule has 0 amide bonds. The van der Waals surface area contributed by atoms with E-state index in [0.717, 1.165) is 0 Å². The fraction of sp³-hybridized carbons (Fsp3) is 0. The number of hydrogen-bond acceptors (Lipinski definition) is 5. The zero-order valence-corrected chi connectivity index (χ0v) is 18.3. The molecular weight excluding hydrogens is 556 g/mol. The zero-order chi connectivity index (χ0) is 17.8. The molecule has 0 unspecified atom stereocenters. The molecule has 0 bridgehead atoms. The van der Waals surface area contributed by atoms with Gasteiger partial charge in [-0.1, -0.05) is 0 Å². The first kappa shape index (κ1) is 29.4. The molecule has 13 nitrogen and oxygen atoms in total. The summed E-state index contributed by atoms with van der Waals surface area (Å²) in [6.45, 7) is 0. The van der Waals surface area contributed by atoms with Crippen molar-refractivity contribution in [1.29, 1.82) is 0 Å². The Morgan fingerprint density at radius 1 is 0.524 bits per heavy atom. The van der Waals surface area contributed by atoms with Crippen molar-refractivity contribution in [2.75, 3.05) is 0 Å². The van der Waals surface area contributed by atoms with Crippen LogP contribution in [0.15, 0.2) is 29.1 Å². The third-order valence-electron chi connectivity index (χ3n) is 0.425. The van der Waals surface area contributed by atoms with E-state index in [-0.39, 0.29) is 0 Å². The first-order valence-electron chi connectivity index (χ1n) is 4.08. The van der Waals surface area contributed by atoms with E-state index in [4.69, 9.17) is 47.7 Å². The van der Waals surface area contributed by atoms with Gasteiger partial charge in [-0.25, -0.2) is 0 Å². The smallest absolute Gasteiger partial charge is 0.0902 e.